The predicted octanol–water partition coefficient (Wildman–Crippen LogP) is -4.10. The number of aliphatic carboxylic acids is 1. The number of carbonyl (C=O) groups is 1. The summed E-state index contributed by atoms with van der Waals surface area (Å²) in [5.74, 6) is -1.22. The Bertz CT molecular complexity index is 94.9. The first-order chi connectivity index (χ1) is 3.42. The molecule has 0 atom stereocenters. The Balaban J connectivity index is 0. The zero-order chi connectivity index (χ0) is 6.78. The van der Waals surface area contributed by atoms with Gasteiger partial charge in [0.15, 0.2) is 0 Å². The van der Waals surface area contributed by atoms with Gasteiger partial charge in [-0.3, -0.25) is 0 Å². The molecule has 0 bridgehead atoms. The third-order valence-electron chi connectivity index (χ3n) is 0.577. The smallest absolute Gasteiger partial charge is 0.550 e. The second-order valence-corrected chi connectivity index (χ2v) is 2.36. The summed E-state index contributed by atoms with van der Waals surface area (Å²) in [5.41, 5.74) is -1.14. The second-order valence-electron chi connectivity index (χ2n) is 2.36. The van der Waals surface area contributed by atoms with Crippen LogP contribution in [0.1, 0.15) is 20.3 Å². The van der Waals surface area contributed by atoms with Gasteiger partial charge in [-0.25, -0.2) is 0 Å². The Morgan fingerprint density at radius 3 is 2.00 bits per heavy atom. The molecule has 0 aromatic rings. The number of rotatable bonds is 2. The average molecular weight is 140 g/mol. The van der Waals surface area contributed by atoms with Crippen molar-refractivity contribution in [3.63, 3.8) is 0 Å². The van der Waals surface area contributed by atoms with E-state index in [1.807, 2.05) is 0 Å². The zero-order valence-electron chi connectivity index (χ0n) is 5.97. The summed E-state index contributed by atoms with van der Waals surface area (Å²) >= 11 is 0. The molecule has 0 aliphatic heterocycles. The minimum Gasteiger partial charge on any atom is -0.550 e. The van der Waals surface area contributed by atoms with E-state index in [0.717, 1.165) is 0 Å². The summed E-state index contributed by atoms with van der Waals surface area (Å²) in [6.45, 7) is 2.84. The molecule has 0 unspecified atom stereocenters. The van der Waals surface area contributed by atoms with Crippen LogP contribution in [0.15, 0.2) is 0 Å². The Labute approximate surface area is 76.4 Å². The van der Waals surface area contributed by atoms with E-state index in [4.69, 9.17) is 5.11 Å². The van der Waals surface area contributed by atoms with Gasteiger partial charge in [0, 0.05) is 12.4 Å². The van der Waals surface area contributed by atoms with Gasteiger partial charge in [0.05, 0.1) is 5.60 Å². The zero-order valence-corrected chi connectivity index (χ0v) is 7.97. The van der Waals surface area contributed by atoms with Crippen LogP contribution in [0.25, 0.3) is 0 Å². The van der Waals surface area contributed by atoms with Crippen LogP contribution in [-0.2, 0) is 4.79 Å². The topological polar surface area (TPSA) is 60.4 Å². The van der Waals surface area contributed by atoms with Crippen molar-refractivity contribution < 1.29 is 44.6 Å². The van der Waals surface area contributed by atoms with E-state index in [1.165, 1.54) is 13.8 Å². The molecule has 4 heteroatoms. The Hall–Kier alpha value is 0.430. The summed E-state index contributed by atoms with van der Waals surface area (Å²) in [5, 5.41) is 18.5. The summed E-state index contributed by atoms with van der Waals surface area (Å²) in [6, 6.07) is 0. The van der Waals surface area contributed by atoms with Crippen LogP contribution in [0, 0.1) is 0 Å². The third-order valence-corrected chi connectivity index (χ3v) is 0.577. The Kier molecular flexibility index (Phi) is 5.77. The van der Waals surface area contributed by atoms with Crippen LogP contribution in [0.4, 0.5) is 0 Å². The van der Waals surface area contributed by atoms with Gasteiger partial charge in [0.2, 0.25) is 0 Å². The van der Waals surface area contributed by atoms with E-state index in [2.05, 4.69) is 0 Å². The number of hydrogen-bond acceptors (Lipinski definition) is 3. The van der Waals surface area contributed by atoms with Crippen molar-refractivity contribution >= 4 is 5.97 Å². The van der Waals surface area contributed by atoms with Gasteiger partial charge in [0.25, 0.3) is 0 Å². The molecule has 0 saturated heterocycles. The molecular formula is C5H9NaO3. The molecule has 3 nitrogen and oxygen atoms in total. The Morgan fingerprint density at radius 2 is 2.00 bits per heavy atom. The molecule has 0 aromatic heterocycles. The molecule has 0 rings (SSSR count). The van der Waals surface area contributed by atoms with Crippen LogP contribution in [-0.4, -0.2) is 16.7 Å². The van der Waals surface area contributed by atoms with Gasteiger partial charge in [-0.15, -0.1) is 0 Å². The Morgan fingerprint density at radius 1 is 1.67 bits per heavy atom. The van der Waals surface area contributed by atoms with E-state index >= 15 is 0 Å². The molecule has 9 heavy (non-hydrogen) atoms. The van der Waals surface area contributed by atoms with Crippen molar-refractivity contribution in [1.29, 1.82) is 0 Å². The van der Waals surface area contributed by atoms with Gasteiger partial charge >= 0.3 is 29.6 Å². The molecule has 0 spiro atoms. The van der Waals surface area contributed by atoms with Crippen LogP contribution >= 0.6 is 0 Å². The third kappa shape index (κ3) is 11.8. The van der Waals surface area contributed by atoms with Gasteiger partial charge in [0.1, 0.15) is 0 Å². The van der Waals surface area contributed by atoms with Gasteiger partial charge in [-0.2, -0.15) is 0 Å². The molecule has 0 heterocycles. The number of aliphatic hydroxyl groups is 1. The van der Waals surface area contributed by atoms with Crippen molar-refractivity contribution in [2.75, 3.05) is 0 Å². The number of hydrogen-bond donors (Lipinski definition) is 1. The second kappa shape index (κ2) is 4.28. The van der Waals surface area contributed by atoms with Crippen LogP contribution in [0.5, 0.6) is 0 Å². The van der Waals surface area contributed by atoms with E-state index in [0.29, 0.717) is 0 Å². The summed E-state index contributed by atoms with van der Waals surface area (Å²) < 4.78 is 0. The predicted molar refractivity (Wildman–Crippen MR) is 25.9 cm³/mol. The fraction of sp³-hybridized carbons (Fsp3) is 0.800. The van der Waals surface area contributed by atoms with Crippen molar-refractivity contribution in [1.82, 2.24) is 0 Å². The van der Waals surface area contributed by atoms with Crippen LogP contribution < -0.4 is 34.7 Å². The standard InChI is InChI=1S/C5H10O3.Na/c1-5(2,8)3-4(6)7;/h8H,3H2,1-2H3,(H,6,7);/q;+1/p-1. The number of carbonyl (C=O) groups excluding carboxylic acids is 1. The first kappa shape index (κ1) is 12.1. The molecule has 0 aromatic carbocycles. The first-order valence-electron chi connectivity index (χ1n) is 2.34. The molecule has 0 fully saturated rings. The summed E-state index contributed by atoms with van der Waals surface area (Å²) in [6.07, 6.45) is -0.313. The average Bonchev–Trinajstić information content (AvgIpc) is 1.21. The number of carboxylic acid groups (broad SMARTS) is 1. The van der Waals surface area contributed by atoms with Crippen LogP contribution in [0.2, 0.25) is 0 Å². The summed E-state index contributed by atoms with van der Waals surface area (Å²) in [4.78, 5) is 9.74. The largest absolute Gasteiger partial charge is 1.00 e. The molecule has 0 amide bonds. The first-order valence-corrected chi connectivity index (χ1v) is 2.34. The fourth-order valence-electron chi connectivity index (χ4n) is 0.353. The molecule has 0 saturated carbocycles. The maximum absolute atomic E-state index is 9.74. The molecule has 0 aliphatic carbocycles. The molecule has 1 N–H and O–H groups in total. The normalized spacial score (nSPS) is 10.1. The molecule has 0 aliphatic rings. The maximum Gasteiger partial charge on any atom is 1.00 e. The fourth-order valence-corrected chi connectivity index (χ4v) is 0.353. The van der Waals surface area contributed by atoms with E-state index < -0.39 is 11.6 Å². The van der Waals surface area contributed by atoms with E-state index in [9.17, 15) is 9.90 Å². The van der Waals surface area contributed by atoms with Gasteiger partial charge in [-0.05, 0) is 13.8 Å². The molecular weight excluding hydrogens is 131 g/mol. The number of carboxylic acids is 1. The minimum absolute atomic E-state index is 0. The molecule has 48 valence electrons. The van der Waals surface area contributed by atoms with Gasteiger partial charge in [-0.1, -0.05) is 0 Å². The maximum atomic E-state index is 9.74. The monoisotopic (exact) mass is 140 g/mol. The molecule has 0 radical (unpaired) electrons. The van der Waals surface area contributed by atoms with E-state index in [-0.39, 0.29) is 36.0 Å². The van der Waals surface area contributed by atoms with Crippen LogP contribution in [0.3, 0.4) is 0 Å². The SMILES string of the molecule is CC(C)(O)CC(=O)[O-].[Na+]. The van der Waals surface area contributed by atoms with Crippen molar-refractivity contribution in [3.05, 3.63) is 0 Å². The minimum atomic E-state index is -1.22. The van der Waals surface area contributed by atoms with Crippen molar-refractivity contribution in [2.24, 2.45) is 0 Å². The van der Waals surface area contributed by atoms with Crippen molar-refractivity contribution in [2.45, 2.75) is 25.9 Å². The van der Waals surface area contributed by atoms with Crippen molar-refractivity contribution in [3.8, 4) is 0 Å². The quantitative estimate of drug-likeness (QED) is 0.397. The van der Waals surface area contributed by atoms with Gasteiger partial charge < -0.3 is 15.0 Å². The summed E-state index contributed by atoms with van der Waals surface area (Å²) in [7, 11) is 0. The van der Waals surface area contributed by atoms with E-state index in [1.54, 1.807) is 0 Å².